The molecule has 0 aromatic carbocycles. The molecule has 0 aliphatic heterocycles. The number of nitrogens with zero attached hydrogens (tertiary/aromatic N) is 1. The third kappa shape index (κ3) is 3.54. The first-order valence-electron chi connectivity index (χ1n) is 7.70. The van der Waals surface area contributed by atoms with Crippen molar-refractivity contribution in [1.82, 2.24) is 15.5 Å². The maximum absolute atomic E-state index is 9.70. The third-order valence-electron chi connectivity index (χ3n) is 4.21. The summed E-state index contributed by atoms with van der Waals surface area (Å²) in [7, 11) is 0. The Kier molecular flexibility index (Phi) is 4.41. The van der Waals surface area contributed by atoms with Crippen molar-refractivity contribution < 1.29 is 9.52 Å². The molecule has 5 heteroatoms. The summed E-state index contributed by atoms with van der Waals surface area (Å²) in [4.78, 5) is 0. The second-order valence-electron chi connectivity index (χ2n) is 6.00. The van der Waals surface area contributed by atoms with Crippen molar-refractivity contribution in [3.8, 4) is 11.5 Å². The first-order valence-corrected chi connectivity index (χ1v) is 7.70. The van der Waals surface area contributed by atoms with Gasteiger partial charge in [-0.25, -0.2) is 0 Å². The minimum Gasteiger partial charge on any atom is -0.460 e. The normalized spacial score (nSPS) is 22.6. The first kappa shape index (κ1) is 14.4. The number of rotatable bonds is 5. The fourth-order valence-corrected chi connectivity index (χ4v) is 3.09. The number of nitrogens with one attached hydrogen (secondary N) is 2. The zero-order chi connectivity index (χ0) is 14.7. The third-order valence-corrected chi connectivity index (χ3v) is 4.21. The summed E-state index contributed by atoms with van der Waals surface area (Å²) in [5, 5.41) is 20.3. The van der Waals surface area contributed by atoms with Crippen LogP contribution in [0.1, 0.15) is 37.0 Å². The number of hydrogen-bond donors (Lipinski definition) is 3. The van der Waals surface area contributed by atoms with E-state index in [0.717, 1.165) is 55.1 Å². The van der Waals surface area contributed by atoms with Gasteiger partial charge >= 0.3 is 0 Å². The monoisotopic (exact) mass is 289 g/mol. The molecule has 5 nitrogen and oxygen atoms in total. The van der Waals surface area contributed by atoms with Gasteiger partial charge < -0.3 is 14.8 Å². The van der Waals surface area contributed by atoms with Crippen LogP contribution < -0.4 is 5.32 Å². The molecule has 1 aliphatic rings. The van der Waals surface area contributed by atoms with Gasteiger partial charge in [0, 0.05) is 12.1 Å². The number of aliphatic hydroxyl groups is 1. The summed E-state index contributed by atoms with van der Waals surface area (Å²) in [6.07, 6.45) is 5.95. The van der Waals surface area contributed by atoms with E-state index in [1.54, 1.807) is 0 Å². The van der Waals surface area contributed by atoms with Crippen LogP contribution in [-0.2, 0) is 6.54 Å². The minimum absolute atomic E-state index is 0.110. The van der Waals surface area contributed by atoms with Gasteiger partial charge in [0.05, 0.1) is 12.3 Å². The van der Waals surface area contributed by atoms with Crippen molar-refractivity contribution in [2.24, 2.45) is 5.92 Å². The molecule has 21 heavy (non-hydrogen) atoms. The van der Waals surface area contributed by atoms with Crippen molar-refractivity contribution in [3.05, 3.63) is 29.7 Å². The summed E-state index contributed by atoms with van der Waals surface area (Å²) in [6.45, 7) is 3.64. The highest BCUT2D eigenvalue weighted by Gasteiger charge is 2.20. The molecule has 0 amide bonds. The molecule has 0 saturated heterocycles. The van der Waals surface area contributed by atoms with Gasteiger partial charge in [-0.2, -0.15) is 5.10 Å². The summed E-state index contributed by atoms with van der Waals surface area (Å²) in [6, 6.07) is 3.92. The van der Waals surface area contributed by atoms with Gasteiger partial charge in [-0.15, -0.1) is 0 Å². The van der Waals surface area contributed by atoms with E-state index >= 15 is 0 Å². The van der Waals surface area contributed by atoms with Gasteiger partial charge in [-0.05, 0) is 50.8 Å². The van der Waals surface area contributed by atoms with Crippen LogP contribution in [0.5, 0.6) is 0 Å². The molecule has 1 fully saturated rings. The Hall–Kier alpha value is -1.59. The van der Waals surface area contributed by atoms with E-state index in [9.17, 15) is 5.11 Å². The van der Waals surface area contributed by atoms with Crippen molar-refractivity contribution in [3.63, 3.8) is 0 Å². The zero-order valence-corrected chi connectivity index (χ0v) is 12.4. The predicted octanol–water partition coefficient (Wildman–Crippen LogP) is 2.62. The molecule has 114 valence electrons. The standard InChI is InChI=1S/C16H23N3O2/c1-11-5-6-15(21-11)16-13(10-18-19-16)9-17-8-12-3-2-4-14(20)7-12/h5-6,10,12,14,17,20H,2-4,7-9H2,1H3,(H,18,19). The maximum atomic E-state index is 9.70. The van der Waals surface area contributed by atoms with Crippen molar-refractivity contribution in [2.45, 2.75) is 45.3 Å². The van der Waals surface area contributed by atoms with Gasteiger partial charge in [0.2, 0.25) is 0 Å². The van der Waals surface area contributed by atoms with Crippen LogP contribution in [0.15, 0.2) is 22.7 Å². The van der Waals surface area contributed by atoms with Crippen LogP contribution in [-0.4, -0.2) is 28.0 Å². The minimum atomic E-state index is -0.110. The highest BCUT2D eigenvalue weighted by molar-refractivity contribution is 5.56. The second kappa shape index (κ2) is 6.45. The number of aliphatic hydroxyl groups excluding tert-OH is 1. The van der Waals surface area contributed by atoms with Crippen molar-refractivity contribution >= 4 is 0 Å². The van der Waals surface area contributed by atoms with Crippen LogP contribution in [0.25, 0.3) is 11.5 Å². The number of H-pyrrole nitrogens is 1. The van der Waals surface area contributed by atoms with Gasteiger partial charge in [0.25, 0.3) is 0 Å². The summed E-state index contributed by atoms with van der Waals surface area (Å²) < 4.78 is 5.65. The van der Waals surface area contributed by atoms with Crippen molar-refractivity contribution in [2.75, 3.05) is 6.54 Å². The van der Waals surface area contributed by atoms with Crippen LogP contribution in [0.4, 0.5) is 0 Å². The Bertz CT molecular complexity index is 576. The second-order valence-corrected chi connectivity index (χ2v) is 6.00. The average Bonchev–Trinajstić information content (AvgIpc) is 3.07. The molecule has 2 heterocycles. The molecule has 2 unspecified atom stereocenters. The van der Waals surface area contributed by atoms with Crippen LogP contribution in [0, 0.1) is 12.8 Å². The predicted molar refractivity (Wildman–Crippen MR) is 80.7 cm³/mol. The van der Waals surface area contributed by atoms with Gasteiger partial charge in [0.1, 0.15) is 11.5 Å². The average molecular weight is 289 g/mol. The van der Waals surface area contributed by atoms with E-state index in [1.165, 1.54) is 6.42 Å². The molecule has 0 spiro atoms. The Morgan fingerprint density at radius 2 is 2.33 bits per heavy atom. The maximum Gasteiger partial charge on any atom is 0.152 e. The molecular formula is C16H23N3O2. The molecule has 3 N–H and O–H groups in total. The number of aromatic amines is 1. The lowest BCUT2D eigenvalue weighted by Gasteiger charge is -2.25. The molecule has 2 aromatic rings. The topological polar surface area (TPSA) is 74.1 Å². The summed E-state index contributed by atoms with van der Waals surface area (Å²) in [5.41, 5.74) is 2.06. The smallest absolute Gasteiger partial charge is 0.152 e. The SMILES string of the molecule is Cc1ccc(-c2[nH]ncc2CNCC2CCCC(O)C2)o1. The Labute approximate surface area is 124 Å². The lowest BCUT2D eigenvalue weighted by Crippen LogP contribution is -2.28. The quantitative estimate of drug-likeness (QED) is 0.791. The summed E-state index contributed by atoms with van der Waals surface area (Å²) >= 11 is 0. The van der Waals surface area contributed by atoms with Crippen LogP contribution >= 0.6 is 0 Å². The highest BCUT2D eigenvalue weighted by atomic mass is 16.3. The molecule has 2 atom stereocenters. The fraction of sp³-hybridized carbons (Fsp3) is 0.562. The van der Waals surface area contributed by atoms with Gasteiger partial charge in [-0.1, -0.05) is 6.42 Å². The van der Waals surface area contributed by atoms with E-state index in [2.05, 4.69) is 15.5 Å². The lowest BCUT2D eigenvalue weighted by molar-refractivity contribution is 0.101. The zero-order valence-electron chi connectivity index (χ0n) is 12.4. The number of aryl methyl sites for hydroxylation is 1. The number of hydrogen-bond acceptors (Lipinski definition) is 4. The largest absolute Gasteiger partial charge is 0.460 e. The van der Waals surface area contributed by atoms with Crippen molar-refractivity contribution in [1.29, 1.82) is 0 Å². The molecular weight excluding hydrogens is 266 g/mol. The first-order chi connectivity index (χ1) is 10.2. The Balaban J connectivity index is 1.55. The molecule has 1 saturated carbocycles. The van der Waals surface area contributed by atoms with E-state index in [4.69, 9.17) is 4.42 Å². The highest BCUT2D eigenvalue weighted by Crippen LogP contribution is 2.25. The molecule has 1 aliphatic carbocycles. The summed E-state index contributed by atoms with van der Waals surface area (Å²) in [5.74, 6) is 2.31. The van der Waals surface area contributed by atoms with Gasteiger partial charge in [-0.3, -0.25) is 5.10 Å². The molecule has 2 aromatic heterocycles. The Morgan fingerprint density at radius 1 is 1.43 bits per heavy atom. The Morgan fingerprint density at radius 3 is 3.10 bits per heavy atom. The van der Waals surface area contributed by atoms with Crippen LogP contribution in [0.2, 0.25) is 0 Å². The van der Waals surface area contributed by atoms with E-state index < -0.39 is 0 Å². The number of aromatic nitrogens is 2. The molecule has 0 bridgehead atoms. The number of furan rings is 1. The van der Waals surface area contributed by atoms with Gasteiger partial charge in [0.15, 0.2) is 5.76 Å². The lowest BCUT2D eigenvalue weighted by atomic mass is 9.87. The molecule has 3 rings (SSSR count). The van der Waals surface area contributed by atoms with Crippen LogP contribution in [0.3, 0.4) is 0 Å². The van der Waals surface area contributed by atoms with E-state index in [1.807, 2.05) is 25.3 Å². The van der Waals surface area contributed by atoms with E-state index in [0.29, 0.717) is 5.92 Å². The van der Waals surface area contributed by atoms with E-state index in [-0.39, 0.29) is 6.10 Å². The molecule has 0 radical (unpaired) electrons. The fourth-order valence-electron chi connectivity index (χ4n) is 3.09.